The molecule has 3 aromatic rings. The van der Waals surface area contributed by atoms with Gasteiger partial charge in [0.2, 0.25) is 0 Å². The second-order valence-electron chi connectivity index (χ2n) is 7.50. The van der Waals surface area contributed by atoms with E-state index in [1.807, 2.05) is 72.8 Å². The SMILES string of the molecule is O=C(OCc1ccccc1)N1CCC(O)(c2ccc(-c3ccccc3)cc2)CC1. The lowest BCUT2D eigenvalue weighted by molar-refractivity contribution is -0.0255. The summed E-state index contributed by atoms with van der Waals surface area (Å²) in [6.45, 7) is 1.22. The molecule has 1 N–H and O–H groups in total. The molecule has 1 saturated heterocycles. The Kier molecular flexibility index (Phi) is 5.63. The lowest BCUT2D eigenvalue weighted by atomic mass is 9.84. The van der Waals surface area contributed by atoms with Crippen LogP contribution >= 0.6 is 0 Å². The van der Waals surface area contributed by atoms with E-state index in [1.54, 1.807) is 4.90 Å². The van der Waals surface area contributed by atoms with Crippen LogP contribution in [0.15, 0.2) is 84.9 Å². The van der Waals surface area contributed by atoms with E-state index in [0.717, 1.165) is 22.3 Å². The Balaban J connectivity index is 1.35. The maximum Gasteiger partial charge on any atom is 0.410 e. The van der Waals surface area contributed by atoms with E-state index < -0.39 is 5.60 Å². The van der Waals surface area contributed by atoms with Crippen LogP contribution in [0.25, 0.3) is 11.1 Å². The second-order valence-corrected chi connectivity index (χ2v) is 7.50. The summed E-state index contributed by atoms with van der Waals surface area (Å²) in [4.78, 5) is 14.0. The number of hydrogen-bond donors (Lipinski definition) is 1. The molecule has 0 spiro atoms. The lowest BCUT2D eigenvalue weighted by Crippen LogP contribution is -2.45. The van der Waals surface area contributed by atoms with E-state index in [-0.39, 0.29) is 12.7 Å². The molecular formula is C25H25NO3. The van der Waals surface area contributed by atoms with E-state index in [2.05, 4.69) is 12.1 Å². The highest BCUT2D eigenvalue weighted by Crippen LogP contribution is 2.34. The topological polar surface area (TPSA) is 49.8 Å². The molecule has 0 aliphatic carbocycles. The molecule has 3 aromatic carbocycles. The summed E-state index contributed by atoms with van der Waals surface area (Å²) in [5, 5.41) is 11.1. The predicted octanol–water partition coefficient (Wildman–Crippen LogP) is 4.97. The van der Waals surface area contributed by atoms with Crippen molar-refractivity contribution in [1.29, 1.82) is 0 Å². The van der Waals surface area contributed by atoms with Crippen molar-refractivity contribution in [2.24, 2.45) is 0 Å². The van der Waals surface area contributed by atoms with Gasteiger partial charge < -0.3 is 14.7 Å². The zero-order valence-corrected chi connectivity index (χ0v) is 16.3. The van der Waals surface area contributed by atoms with Crippen LogP contribution in [-0.4, -0.2) is 29.2 Å². The molecule has 4 rings (SSSR count). The first-order valence-electron chi connectivity index (χ1n) is 9.98. The Morgan fingerprint density at radius 3 is 2.00 bits per heavy atom. The van der Waals surface area contributed by atoms with Crippen molar-refractivity contribution >= 4 is 6.09 Å². The highest BCUT2D eigenvalue weighted by molar-refractivity contribution is 5.68. The molecule has 148 valence electrons. The van der Waals surface area contributed by atoms with Crippen LogP contribution in [0.3, 0.4) is 0 Å². The van der Waals surface area contributed by atoms with Gasteiger partial charge in [-0.15, -0.1) is 0 Å². The predicted molar refractivity (Wildman–Crippen MR) is 113 cm³/mol. The minimum Gasteiger partial charge on any atom is -0.445 e. The monoisotopic (exact) mass is 387 g/mol. The normalized spacial score (nSPS) is 15.7. The molecule has 1 amide bonds. The van der Waals surface area contributed by atoms with Gasteiger partial charge in [0.05, 0.1) is 5.60 Å². The van der Waals surface area contributed by atoms with Gasteiger partial charge in [-0.05, 0) is 35.1 Å². The van der Waals surface area contributed by atoms with Gasteiger partial charge in [0.1, 0.15) is 6.61 Å². The first-order valence-corrected chi connectivity index (χ1v) is 9.98. The number of ether oxygens (including phenoxy) is 1. The van der Waals surface area contributed by atoms with E-state index in [0.29, 0.717) is 25.9 Å². The van der Waals surface area contributed by atoms with Gasteiger partial charge in [-0.2, -0.15) is 0 Å². The molecule has 1 aliphatic rings. The highest BCUT2D eigenvalue weighted by atomic mass is 16.6. The zero-order valence-electron chi connectivity index (χ0n) is 16.3. The summed E-state index contributed by atoms with van der Waals surface area (Å²) in [6.07, 6.45) is 0.673. The average Bonchev–Trinajstić information content (AvgIpc) is 2.79. The number of nitrogens with zero attached hydrogens (tertiary/aromatic N) is 1. The summed E-state index contributed by atoms with van der Waals surface area (Å²) in [5.41, 5.74) is 3.23. The number of carbonyl (C=O) groups excluding carboxylic acids is 1. The van der Waals surface area contributed by atoms with Gasteiger partial charge >= 0.3 is 6.09 Å². The van der Waals surface area contributed by atoms with Crippen LogP contribution in [0.1, 0.15) is 24.0 Å². The van der Waals surface area contributed by atoms with Crippen LogP contribution in [0.4, 0.5) is 4.79 Å². The van der Waals surface area contributed by atoms with Gasteiger partial charge in [-0.3, -0.25) is 0 Å². The summed E-state index contributed by atoms with van der Waals surface area (Å²) in [5.74, 6) is 0. The van der Waals surface area contributed by atoms with Crippen molar-refractivity contribution in [3.8, 4) is 11.1 Å². The third-order valence-electron chi connectivity index (χ3n) is 5.58. The highest BCUT2D eigenvalue weighted by Gasteiger charge is 2.35. The largest absolute Gasteiger partial charge is 0.445 e. The Morgan fingerprint density at radius 1 is 0.828 bits per heavy atom. The molecule has 1 heterocycles. The fourth-order valence-electron chi connectivity index (χ4n) is 3.76. The summed E-state index contributed by atoms with van der Waals surface area (Å²) in [6, 6.07) is 27.9. The Bertz CT molecular complexity index is 931. The van der Waals surface area contributed by atoms with Gasteiger partial charge in [0.15, 0.2) is 0 Å². The number of rotatable bonds is 4. The van der Waals surface area contributed by atoms with E-state index in [4.69, 9.17) is 4.74 Å². The summed E-state index contributed by atoms with van der Waals surface area (Å²) >= 11 is 0. The van der Waals surface area contributed by atoms with Gasteiger partial charge in [-0.25, -0.2) is 4.79 Å². The molecule has 1 fully saturated rings. The third-order valence-corrected chi connectivity index (χ3v) is 5.58. The lowest BCUT2D eigenvalue weighted by Gasteiger charge is -2.38. The standard InChI is InChI=1S/C25H25NO3/c27-24(29-19-20-7-3-1-4-8-20)26-17-15-25(28,16-18-26)23-13-11-22(12-14-23)21-9-5-2-6-10-21/h1-14,28H,15-19H2. The molecule has 0 radical (unpaired) electrons. The smallest absolute Gasteiger partial charge is 0.410 e. The number of amides is 1. The molecule has 4 nitrogen and oxygen atoms in total. The zero-order chi connectivity index (χ0) is 20.1. The number of hydrogen-bond acceptors (Lipinski definition) is 3. The first kappa shape index (κ1) is 19.2. The summed E-state index contributed by atoms with van der Waals surface area (Å²) < 4.78 is 5.41. The van der Waals surface area contributed by atoms with Crippen LogP contribution in [0.5, 0.6) is 0 Å². The Hall–Kier alpha value is -3.11. The van der Waals surface area contributed by atoms with Crippen molar-refractivity contribution in [2.75, 3.05) is 13.1 Å². The molecule has 0 bridgehead atoms. The van der Waals surface area contributed by atoms with Crippen LogP contribution in [0.2, 0.25) is 0 Å². The molecular weight excluding hydrogens is 362 g/mol. The van der Waals surface area contributed by atoms with Gasteiger partial charge in [-0.1, -0.05) is 84.9 Å². The molecule has 0 unspecified atom stereocenters. The number of aliphatic hydroxyl groups is 1. The fraction of sp³-hybridized carbons (Fsp3) is 0.240. The van der Waals surface area contributed by atoms with Crippen LogP contribution in [0, 0.1) is 0 Å². The number of carbonyl (C=O) groups is 1. The third kappa shape index (κ3) is 4.49. The van der Waals surface area contributed by atoms with E-state index in [9.17, 15) is 9.90 Å². The Labute approximate surface area is 171 Å². The number of likely N-dealkylation sites (tertiary alicyclic amines) is 1. The first-order chi connectivity index (χ1) is 14.1. The minimum atomic E-state index is -0.911. The molecule has 1 aliphatic heterocycles. The Morgan fingerprint density at radius 2 is 1.38 bits per heavy atom. The molecule has 0 saturated carbocycles. The fourth-order valence-corrected chi connectivity index (χ4v) is 3.76. The maximum atomic E-state index is 12.3. The van der Waals surface area contributed by atoms with Crippen molar-refractivity contribution in [3.05, 3.63) is 96.1 Å². The van der Waals surface area contributed by atoms with E-state index >= 15 is 0 Å². The summed E-state index contributed by atoms with van der Waals surface area (Å²) in [7, 11) is 0. The number of piperidine rings is 1. The van der Waals surface area contributed by atoms with Crippen molar-refractivity contribution < 1.29 is 14.6 Å². The van der Waals surface area contributed by atoms with Crippen molar-refractivity contribution in [1.82, 2.24) is 4.90 Å². The van der Waals surface area contributed by atoms with Gasteiger partial charge in [0, 0.05) is 13.1 Å². The van der Waals surface area contributed by atoms with E-state index in [1.165, 1.54) is 0 Å². The molecule has 0 atom stereocenters. The van der Waals surface area contributed by atoms with Crippen LogP contribution < -0.4 is 0 Å². The molecule has 4 heteroatoms. The number of benzene rings is 3. The molecule has 29 heavy (non-hydrogen) atoms. The second kappa shape index (κ2) is 8.50. The van der Waals surface area contributed by atoms with Gasteiger partial charge in [0.25, 0.3) is 0 Å². The minimum absolute atomic E-state index is 0.265. The van der Waals surface area contributed by atoms with Crippen LogP contribution in [-0.2, 0) is 16.9 Å². The van der Waals surface area contributed by atoms with Crippen molar-refractivity contribution in [3.63, 3.8) is 0 Å². The molecule has 0 aromatic heterocycles. The maximum absolute atomic E-state index is 12.3. The van der Waals surface area contributed by atoms with Crippen molar-refractivity contribution in [2.45, 2.75) is 25.0 Å². The quantitative estimate of drug-likeness (QED) is 0.687. The average molecular weight is 387 g/mol.